The molecule has 102 valence electrons. The molecule has 2 atom stereocenters. The zero-order valence-corrected chi connectivity index (χ0v) is 11.6. The quantitative estimate of drug-likeness (QED) is 0.649. The van der Waals surface area contributed by atoms with Gasteiger partial charge in [0.15, 0.2) is 0 Å². The van der Waals surface area contributed by atoms with E-state index in [9.17, 15) is 0 Å². The molecule has 4 heteroatoms. The van der Waals surface area contributed by atoms with Crippen LogP contribution in [0, 0.1) is 0 Å². The van der Waals surface area contributed by atoms with Gasteiger partial charge < -0.3 is 14.8 Å². The highest BCUT2D eigenvalue weighted by Crippen LogP contribution is 2.09. The molecule has 0 aromatic heterocycles. The first-order valence-electron chi connectivity index (χ1n) is 6.90. The van der Waals surface area contributed by atoms with Crippen LogP contribution in [0.5, 0.6) is 0 Å². The van der Waals surface area contributed by atoms with Gasteiger partial charge in [0.25, 0.3) is 0 Å². The molecule has 0 saturated carbocycles. The largest absolute Gasteiger partial charge is 0.380 e. The van der Waals surface area contributed by atoms with Gasteiger partial charge in [0.1, 0.15) is 0 Å². The van der Waals surface area contributed by atoms with E-state index in [4.69, 9.17) is 9.47 Å². The molecule has 4 nitrogen and oxygen atoms in total. The molecule has 0 aliphatic carbocycles. The number of rotatable bonds is 8. The summed E-state index contributed by atoms with van der Waals surface area (Å²) in [5.74, 6) is 0. The van der Waals surface area contributed by atoms with Gasteiger partial charge in [-0.15, -0.1) is 0 Å². The van der Waals surface area contributed by atoms with Gasteiger partial charge in [0.05, 0.1) is 19.8 Å². The number of ether oxygens (including phenoxy) is 2. The Kier molecular flexibility index (Phi) is 7.77. The summed E-state index contributed by atoms with van der Waals surface area (Å²) in [6.07, 6.45) is 1.15. The SMILES string of the molecule is CCOCCN(CC)C(C)CC1COCCN1. The van der Waals surface area contributed by atoms with Crippen molar-refractivity contribution in [2.45, 2.75) is 39.3 Å². The predicted molar refractivity (Wildman–Crippen MR) is 70.4 cm³/mol. The Labute approximate surface area is 106 Å². The van der Waals surface area contributed by atoms with Gasteiger partial charge in [-0.25, -0.2) is 0 Å². The van der Waals surface area contributed by atoms with Crippen LogP contribution in [0.1, 0.15) is 27.2 Å². The number of hydrogen-bond donors (Lipinski definition) is 1. The second kappa shape index (κ2) is 8.86. The number of morpholine rings is 1. The highest BCUT2D eigenvalue weighted by molar-refractivity contribution is 4.77. The van der Waals surface area contributed by atoms with Crippen molar-refractivity contribution in [1.29, 1.82) is 0 Å². The van der Waals surface area contributed by atoms with Crippen molar-refractivity contribution < 1.29 is 9.47 Å². The minimum atomic E-state index is 0.514. The minimum absolute atomic E-state index is 0.514. The topological polar surface area (TPSA) is 33.7 Å². The fourth-order valence-electron chi connectivity index (χ4n) is 2.35. The number of nitrogens with zero attached hydrogens (tertiary/aromatic N) is 1. The van der Waals surface area contributed by atoms with E-state index in [1.807, 2.05) is 6.92 Å². The molecule has 0 amide bonds. The third-order valence-corrected chi connectivity index (χ3v) is 3.38. The lowest BCUT2D eigenvalue weighted by Gasteiger charge is -2.32. The summed E-state index contributed by atoms with van der Waals surface area (Å²) in [4.78, 5) is 2.48. The van der Waals surface area contributed by atoms with E-state index in [-0.39, 0.29) is 0 Å². The van der Waals surface area contributed by atoms with Crippen molar-refractivity contribution >= 4 is 0 Å². The summed E-state index contributed by atoms with van der Waals surface area (Å²) in [7, 11) is 0. The van der Waals surface area contributed by atoms with E-state index in [0.29, 0.717) is 12.1 Å². The fourth-order valence-corrected chi connectivity index (χ4v) is 2.35. The molecule has 1 rings (SSSR count). The summed E-state index contributed by atoms with van der Waals surface area (Å²) >= 11 is 0. The summed E-state index contributed by atoms with van der Waals surface area (Å²) < 4.78 is 10.9. The Morgan fingerprint density at radius 2 is 2.29 bits per heavy atom. The minimum Gasteiger partial charge on any atom is -0.380 e. The fraction of sp³-hybridized carbons (Fsp3) is 1.00. The Morgan fingerprint density at radius 1 is 1.47 bits per heavy atom. The lowest BCUT2D eigenvalue weighted by atomic mass is 10.1. The standard InChI is InChI=1S/C13H28N2O2/c1-4-15(7-9-16-5-2)12(3)10-13-11-17-8-6-14-13/h12-14H,4-11H2,1-3H3. The van der Waals surface area contributed by atoms with E-state index in [0.717, 1.165) is 52.5 Å². The highest BCUT2D eigenvalue weighted by atomic mass is 16.5. The van der Waals surface area contributed by atoms with Crippen LogP contribution in [0.2, 0.25) is 0 Å². The van der Waals surface area contributed by atoms with Crippen molar-refractivity contribution in [2.24, 2.45) is 0 Å². The van der Waals surface area contributed by atoms with Gasteiger partial charge in [-0.05, 0) is 26.8 Å². The van der Waals surface area contributed by atoms with Crippen molar-refractivity contribution in [2.75, 3.05) is 46.1 Å². The molecule has 1 fully saturated rings. The van der Waals surface area contributed by atoms with Crippen LogP contribution in [-0.2, 0) is 9.47 Å². The summed E-state index contributed by atoms with van der Waals surface area (Å²) in [5, 5.41) is 3.51. The third-order valence-electron chi connectivity index (χ3n) is 3.38. The van der Waals surface area contributed by atoms with Gasteiger partial charge in [-0.2, -0.15) is 0 Å². The van der Waals surface area contributed by atoms with Gasteiger partial charge in [0.2, 0.25) is 0 Å². The Morgan fingerprint density at radius 3 is 2.88 bits per heavy atom. The maximum Gasteiger partial charge on any atom is 0.0620 e. The molecule has 17 heavy (non-hydrogen) atoms. The second-order valence-corrected chi connectivity index (χ2v) is 4.64. The zero-order valence-electron chi connectivity index (χ0n) is 11.6. The number of nitrogens with one attached hydrogen (secondary N) is 1. The van der Waals surface area contributed by atoms with Crippen LogP contribution in [0.3, 0.4) is 0 Å². The predicted octanol–water partition coefficient (Wildman–Crippen LogP) is 1.11. The van der Waals surface area contributed by atoms with Crippen LogP contribution < -0.4 is 5.32 Å². The first-order valence-corrected chi connectivity index (χ1v) is 6.90. The van der Waals surface area contributed by atoms with E-state index < -0.39 is 0 Å². The molecule has 1 aliphatic heterocycles. The Hall–Kier alpha value is -0.160. The maximum absolute atomic E-state index is 5.49. The number of likely N-dealkylation sites (N-methyl/N-ethyl adjacent to an activating group) is 1. The van der Waals surface area contributed by atoms with E-state index in [2.05, 4.69) is 24.1 Å². The van der Waals surface area contributed by atoms with Gasteiger partial charge in [0, 0.05) is 31.8 Å². The van der Waals surface area contributed by atoms with Crippen LogP contribution in [0.4, 0.5) is 0 Å². The molecule has 1 saturated heterocycles. The third kappa shape index (κ3) is 5.82. The summed E-state index contributed by atoms with van der Waals surface area (Å²) in [5.41, 5.74) is 0. The zero-order chi connectivity index (χ0) is 12.5. The number of hydrogen-bond acceptors (Lipinski definition) is 4. The molecule has 1 N–H and O–H groups in total. The maximum atomic E-state index is 5.49. The first kappa shape index (κ1) is 14.9. The van der Waals surface area contributed by atoms with Crippen LogP contribution >= 0.6 is 0 Å². The molecule has 1 aliphatic rings. The Balaban J connectivity index is 2.23. The van der Waals surface area contributed by atoms with Crippen molar-refractivity contribution in [3.8, 4) is 0 Å². The molecule has 0 bridgehead atoms. The highest BCUT2D eigenvalue weighted by Gasteiger charge is 2.19. The molecule has 1 heterocycles. The molecule has 0 aromatic carbocycles. The second-order valence-electron chi connectivity index (χ2n) is 4.64. The molecular weight excluding hydrogens is 216 g/mol. The van der Waals surface area contributed by atoms with Gasteiger partial charge in [-0.3, -0.25) is 4.90 Å². The lowest BCUT2D eigenvalue weighted by Crippen LogP contribution is -2.46. The van der Waals surface area contributed by atoms with Crippen LogP contribution in [0.25, 0.3) is 0 Å². The normalized spacial score (nSPS) is 22.9. The Bertz CT molecular complexity index is 184. The van der Waals surface area contributed by atoms with Crippen LogP contribution in [-0.4, -0.2) is 63.0 Å². The molecule has 2 unspecified atom stereocenters. The van der Waals surface area contributed by atoms with Crippen LogP contribution in [0.15, 0.2) is 0 Å². The van der Waals surface area contributed by atoms with Gasteiger partial charge >= 0.3 is 0 Å². The summed E-state index contributed by atoms with van der Waals surface area (Å²) in [6, 6.07) is 1.10. The monoisotopic (exact) mass is 244 g/mol. The summed E-state index contributed by atoms with van der Waals surface area (Å²) in [6.45, 7) is 13.0. The molecular formula is C13H28N2O2. The van der Waals surface area contributed by atoms with Crippen molar-refractivity contribution in [3.63, 3.8) is 0 Å². The lowest BCUT2D eigenvalue weighted by molar-refractivity contribution is 0.0554. The smallest absolute Gasteiger partial charge is 0.0620 e. The van der Waals surface area contributed by atoms with Crippen molar-refractivity contribution in [3.05, 3.63) is 0 Å². The average molecular weight is 244 g/mol. The average Bonchev–Trinajstić information content (AvgIpc) is 2.36. The molecule has 0 radical (unpaired) electrons. The van der Waals surface area contributed by atoms with E-state index in [1.165, 1.54) is 0 Å². The van der Waals surface area contributed by atoms with Crippen molar-refractivity contribution in [1.82, 2.24) is 10.2 Å². The van der Waals surface area contributed by atoms with Gasteiger partial charge in [-0.1, -0.05) is 6.92 Å². The van der Waals surface area contributed by atoms with E-state index in [1.54, 1.807) is 0 Å². The first-order chi connectivity index (χ1) is 8.27. The molecule has 0 spiro atoms. The molecule has 0 aromatic rings. The van der Waals surface area contributed by atoms with E-state index >= 15 is 0 Å².